The second-order valence-corrected chi connectivity index (χ2v) is 18.4. The van der Waals surface area contributed by atoms with Crippen molar-refractivity contribution >= 4 is 8.07 Å². The molecule has 6 rings (SSSR count). The number of rotatable bonds is 5. The van der Waals surface area contributed by atoms with Gasteiger partial charge in [0, 0.05) is 45.7 Å². The molecular weight excluding hydrogens is 438 g/mol. The first kappa shape index (κ1) is 23.5. The zero-order chi connectivity index (χ0) is 23.6. The fourth-order valence-corrected chi connectivity index (χ4v) is 9.89. The Hall–Kier alpha value is -0.923. The molecule has 0 aromatic heterocycles. The van der Waals surface area contributed by atoms with Crippen LogP contribution < -0.4 is 0 Å². The lowest BCUT2D eigenvalue weighted by molar-refractivity contribution is -0.149. The molecule has 1 saturated carbocycles. The van der Waals surface area contributed by atoms with Gasteiger partial charge in [0.2, 0.25) is 0 Å². The van der Waals surface area contributed by atoms with Gasteiger partial charge in [-0.3, -0.25) is 4.90 Å². The van der Waals surface area contributed by atoms with Crippen molar-refractivity contribution in [3.8, 4) is 5.75 Å². The number of hydrogen-bond acceptors (Lipinski definition) is 5. The van der Waals surface area contributed by atoms with Gasteiger partial charge in [-0.2, -0.15) is 0 Å². The zero-order valence-corrected chi connectivity index (χ0v) is 22.4. The van der Waals surface area contributed by atoms with Crippen LogP contribution >= 0.6 is 0 Å². The van der Waals surface area contributed by atoms with Gasteiger partial charge in [-0.05, 0) is 106 Å². The molecule has 6 heteroatoms. The highest BCUT2D eigenvalue weighted by atomic mass is 28.3. The number of aromatic hydroxyl groups is 1. The van der Waals surface area contributed by atoms with Gasteiger partial charge in [-0.25, -0.2) is 0 Å². The summed E-state index contributed by atoms with van der Waals surface area (Å²) in [5.74, 6) is 1.20. The summed E-state index contributed by atoms with van der Waals surface area (Å²) >= 11 is 0. The average Bonchev–Trinajstić information content (AvgIpc) is 3.63. The number of nitrogens with zero attached hydrogens (tertiary/aromatic N) is 3. The third-order valence-electron chi connectivity index (χ3n) is 10.5. The van der Waals surface area contributed by atoms with Crippen LogP contribution in [-0.4, -0.2) is 97.0 Å². The van der Waals surface area contributed by atoms with E-state index in [9.17, 15) is 10.2 Å². The van der Waals surface area contributed by atoms with Crippen LogP contribution in [0.3, 0.4) is 0 Å². The fourth-order valence-electron chi connectivity index (χ4n) is 7.80. The van der Waals surface area contributed by atoms with Crippen LogP contribution in [0.15, 0.2) is 18.2 Å². The first-order valence-electron chi connectivity index (χ1n) is 14.0. The number of phenolic OH excluding ortho intramolecular Hbond substituents is 1. The van der Waals surface area contributed by atoms with E-state index < -0.39 is 13.7 Å². The SMILES string of the molecule is C[Si]1(C)CCN(CCN2CC[C@]34CCN(CC5CC5)[C@H](Cc5ccc(O)cc53)[C@]4(O)CC2)CC1. The largest absolute Gasteiger partial charge is 0.508 e. The standard InChI is InChI=1S/C28H45N3O2Si/c1-34(2)17-15-30(16-18-34)14-13-29-10-7-27-8-12-31(21-22-3-4-22)26(28(27,33)9-11-29)19-23-5-6-24(32)20-25(23)27/h5-6,20,22,26,32-33H,3-4,7-19,21H2,1-2H3/t26-,27+,28-/m1/s1. The molecule has 0 amide bonds. The molecule has 2 N–H and O–H groups in total. The first-order valence-corrected chi connectivity index (χ1v) is 17.4. The summed E-state index contributed by atoms with van der Waals surface area (Å²) in [4.78, 5) is 7.98. The Labute approximate surface area is 207 Å². The number of phenols is 1. The second-order valence-electron chi connectivity index (χ2n) is 13.1. The monoisotopic (exact) mass is 483 g/mol. The maximum atomic E-state index is 12.6. The molecule has 0 radical (unpaired) electrons. The van der Waals surface area contributed by atoms with E-state index in [4.69, 9.17) is 0 Å². The molecule has 2 aliphatic carbocycles. The number of benzene rings is 1. The maximum Gasteiger partial charge on any atom is 0.115 e. The highest BCUT2D eigenvalue weighted by molar-refractivity contribution is 6.77. The van der Waals surface area contributed by atoms with Gasteiger partial charge >= 0.3 is 0 Å². The Balaban J connectivity index is 1.23. The van der Waals surface area contributed by atoms with Crippen molar-refractivity contribution in [2.75, 3.05) is 52.4 Å². The summed E-state index contributed by atoms with van der Waals surface area (Å²) in [7, 11) is -0.921. The van der Waals surface area contributed by atoms with Gasteiger partial charge in [0.15, 0.2) is 0 Å². The van der Waals surface area contributed by atoms with Crippen LogP contribution in [-0.2, 0) is 11.8 Å². The molecule has 188 valence electrons. The summed E-state index contributed by atoms with van der Waals surface area (Å²) < 4.78 is 0. The molecule has 1 aromatic carbocycles. The van der Waals surface area contributed by atoms with Crippen LogP contribution in [0.2, 0.25) is 25.2 Å². The summed E-state index contributed by atoms with van der Waals surface area (Å²) in [6.07, 6.45) is 6.53. The highest BCUT2D eigenvalue weighted by Crippen LogP contribution is 2.56. The van der Waals surface area contributed by atoms with E-state index in [2.05, 4.69) is 33.9 Å². The summed E-state index contributed by atoms with van der Waals surface area (Å²) in [5.41, 5.74) is 1.69. The molecule has 3 atom stereocenters. The molecule has 2 bridgehead atoms. The molecule has 3 aliphatic heterocycles. The molecule has 0 spiro atoms. The fraction of sp³-hybridized carbons (Fsp3) is 0.786. The summed E-state index contributed by atoms with van der Waals surface area (Å²) in [5, 5.41) is 23.0. The van der Waals surface area contributed by atoms with Gasteiger partial charge < -0.3 is 20.0 Å². The molecule has 5 nitrogen and oxygen atoms in total. The van der Waals surface area contributed by atoms with E-state index in [1.165, 1.54) is 55.7 Å². The van der Waals surface area contributed by atoms with Crippen molar-refractivity contribution in [1.29, 1.82) is 0 Å². The van der Waals surface area contributed by atoms with Crippen molar-refractivity contribution in [3.05, 3.63) is 29.3 Å². The van der Waals surface area contributed by atoms with E-state index in [1.54, 1.807) is 0 Å². The molecule has 5 aliphatic rings. The number of aliphatic hydroxyl groups is 1. The van der Waals surface area contributed by atoms with E-state index in [0.717, 1.165) is 64.3 Å². The molecule has 1 aromatic rings. The molecule has 3 heterocycles. The Morgan fingerprint density at radius 2 is 1.62 bits per heavy atom. The third-order valence-corrected chi connectivity index (χ3v) is 13.6. The zero-order valence-electron chi connectivity index (χ0n) is 21.4. The molecule has 0 unspecified atom stereocenters. The van der Waals surface area contributed by atoms with Crippen molar-refractivity contribution in [2.45, 2.75) is 80.8 Å². The number of piperidine rings is 1. The predicted octanol–water partition coefficient (Wildman–Crippen LogP) is 3.52. The minimum Gasteiger partial charge on any atom is -0.508 e. The van der Waals surface area contributed by atoms with Crippen molar-refractivity contribution < 1.29 is 10.2 Å². The summed E-state index contributed by atoms with van der Waals surface area (Å²) in [6.45, 7) is 14.2. The second kappa shape index (κ2) is 8.58. The maximum absolute atomic E-state index is 12.6. The van der Waals surface area contributed by atoms with Gasteiger partial charge in [0.1, 0.15) is 5.75 Å². The lowest BCUT2D eigenvalue weighted by atomic mass is 9.52. The number of hydrogen-bond donors (Lipinski definition) is 2. The Morgan fingerprint density at radius 1 is 0.941 bits per heavy atom. The van der Waals surface area contributed by atoms with E-state index in [-0.39, 0.29) is 11.5 Å². The molecule has 34 heavy (non-hydrogen) atoms. The predicted molar refractivity (Wildman–Crippen MR) is 140 cm³/mol. The Morgan fingerprint density at radius 3 is 2.35 bits per heavy atom. The van der Waals surface area contributed by atoms with Crippen LogP contribution in [0, 0.1) is 5.92 Å². The van der Waals surface area contributed by atoms with Gasteiger partial charge in [0.05, 0.1) is 5.60 Å². The quantitative estimate of drug-likeness (QED) is 0.628. The highest BCUT2D eigenvalue weighted by Gasteiger charge is 2.63. The molecule has 3 saturated heterocycles. The van der Waals surface area contributed by atoms with E-state index in [1.807, 2.05) is 12.1 Å². The topological polar surface area (TPSA) is 50.2 Å². The average molecular weight is 484 g/mol. The lowest BCUT2D eigenvalue weighted by Crippen LogP contribution is -2.71. The van der Waals surface area contributed by atoms with E-state index >= 15 is 0 Å². The van der Waals surface area contributed by atoms with E-state index in [0.29, 0.717) is 5.75 Å². The van der Waals surface area contributed by atoms with Gasteiger partial charge in [0.25, 0.3) is 0 Å². The third kappa shape index (κ3) is 4.07. The Bertz CT molecular complexity index is 911. The molecule has 4 fully saturated rings. The minimum absolute atomic E-state index is 0.216. The van der Waals surface area contributed by atoms with Crippen LogP contribution in [0.25, 0.3) is 0 Å². The number of likely N-dealkylation sites (tertiary alicyclic amines) is 2. The van der Waals surface area contributed by atoms with Crippen LogP contribution in [0.5, 0.6) is 5.75 Å². The number of fused-ring (bicyclic) bond motifs is 1. The van der Waals surface area contributed by atoms with Gasteiger partial charge in [-0.1, -0.05) is 19.2 Å². The molecular formula is C28H45N3O2Si. The first-order chi connectivity index (χ1) is 16.3. The van der Waals surface area contributed by atoms with Crippen molar-refractivity contribution in [1.82, 2.24) is 14.7 Å². The Kier molecular flexibility index (Phi) is 5.93. The summed E-state index contributed by atoms with van der Waals surface area (Å²) in [6, 6.07) is 9.09. The lowest BCUT2D eigenvalue weighted by Gasteiger charge is -2.61. The van der Waals surface area contributed by atoms with Crippen molar-refractivity contribution in [2.24, 2.45) is 5.92 Å². The van der Waals surface area contributed by atoms with Crippen LogP contribution in [0.1, 0.15) is 43.2 Å². The minimum atomic E-state index is -0.921. The van der Waals surface area contributed by atoms with Crippen molar-refractivity contribution in [3.63, 3.8) is 0 Å². The van der Waals surface area contributed by atoms with Crippen LogP contribution in [0.4, 0.5) is 0 Å². The van der Waals surface area contributed by atoms with Gasteiger partial charge in [-0.15, -0.1) is 0 Å². The smallest absolute Gasteiger partial charge is 0.115 e. The normalized spacial score (nSPS) is 36.5.